The minimum atomic E-state index is -0.277. The van der Waals surface area contributed by atoms with Gasteiger partial charge in [-0.2, -0.15) is 0 Å². The minimum Gasteiger partial charge on any atom is -0.383 e. The third-order valence-electron chi connectivity index (χ3n) is 2.82. The zero-order valence-electron chi connectivity index (χ0n) is 11.9. The zero-order chi connectivity index (χ0) is 15.9. The molecule has 0 unspecified atom stereocenters. The average Bonchev–Trinajstić information content (AvgIpc) is 2.52. The molecule has 2 rings (SSSR count). The fourth-order valence-electron chi connectivity index (χ4n) is 1.69. The van der Waals surface area contributed by atoms with Crippen LogP contribution in [0.25, 0.3) is 0 Å². The van der Waals surface area contributed by atoms with Gasteiger partial charge in [0.2, 0.25) is 0 Å². The molecular formula is C15H15Cl2N3O2. The average molecular weight is 340 g/mol. The highest BCUT2D eigenvalue weighted by Crippen LogP contribution is 2.23. The van der Waals surface area contributed by atoms with Crippen LogP contribution in [-0.2, 0) is 4.74 Å². The fourth-order valence-corrected chi connectivity index (χ4v) is 1.99. The van der Waals surface area contributed by atoms with E-state index in [4.69, 9.17) is 27.9 Å². The summed E-state index contributed by atoms with van der Waals surface area (Å²) in [5.74, 6) is 0.435. The van der Waals surface area contributed by atoms with E-state index in [0.29, 0.717) is 40.3 Å². The zero-order valence-corrected chi connectivity index (χ0v) is 13.4. The molecule has 0 aliphatic rings. The molecular weight excluding hydrogens is 325 g/mol. The number of anilines is 2. The van der Waals surface area contributed by atoms with E-state index in [2.05, 4.69) is 15.6 Å². The Balaban J connectivity index is 1.97. The summed E-state index contributed by atoms with van der Waals surface area (Å²) in [5, 5.41) is 6.58. The Kier molecular flexibility index (Phi) is 6.00. The van der Waals surface area contributed by atoms with Crippen molar-refractivity contribution in [1.82, 2.24) is 4.98 Å². The lowest BCUT2D eigenvalue weighted by Gasteiger charge is -2.08. The Bertz CT molecular complexity index is 648. The van der Waals surface area contributed by atoms with Crippen LogP contribution in [0, 0.1) is 0 Å². The van der Waals surface area contributed by atoms with Gasteiger partial charge in [-0.05, 0) is 30.3 Å². The van der Waals surface area contributed by atoms with E-state index >= 15 is 0 Å². The molecule has 2 aromatic rings. The van der Waals surface area contributed by atoms with Gasteiger partial charge in [-0.25, -0.2) is 4.98 Å². The summed E-state index contributed by atoms with van der Waals surface area (Å²) in [5.41, 5.74) is 1.02. The van der Waals surface area contributed by atoms with Gasteiger partial charge in [-0.3, -0.25) is 4.79 Å². The topological polar surface area (TPSA) is 63.2 Å². The van der Waals surface area contributed by atoms with Crippen molar-refractivity contribution < 1.29 is 9.53 Å². The first-order chi connectivity index (χ1) is 10.6. The van der Waals surface area contributed by atoms with Crippen LogP contribution in [0.15, 0.2) is 36.5 Å². The van der Waals surface area contributed by atoms with Gasteiger partial charge in [0.15, 0.2) is 0 Å². The van der Waals surface area contributed by atoms with Crippen molar-refractivity contribution in [3.8, 4) is 0 Å². The molecule has 0 radical (unpaired) electrons. The quantitative estimate of drug-likeness (QED) is 0.787. The number of amides is 1. The largest absolute Gasteiger partial charge is 0.383 e. The summed E-state index contributed by atoms with van der Waals surface area (Å²) in [6.07, 6.45) is 1.57. The van der Waals surface area contributed by atoms with Crippen LogP contribution in [0.5, 0.6) is 0 Å². The number of nitrogens with one attached hydrogen (secondary N) is 2. The van der Waals surface area contributed by atoms with Crippen LogP contribution in [0.4, 0.5) is 11.5 Å². The van der Waals surface area contributed by atoms with Crippen molar-refractivity contribution in [3.63, 3.8) is 0 Å². The second kappa shape index (κ2) is 7.98. The number of carbonyl (C=O) groups excluding carboxylic acids is 1. The molecule has 1 aromatic carbocycles. The Labute approximate surface area is 138 Å². The number of halogens is 2. The first-order valence-corrected chi connectivity index (χ1v) is 7.31. The molecule has 0 fully saturated rings. The summed E-state index contributed by atoms with van der Waals surface area (Å²) in [6, 6.07) is 8.25. The Hall–Kier alpha value is -1.82. The number of carbonyl (C=O) groups is 1. The molecule has 7 heteroatoms. The summed E-state index contributed by atoms with van der Waals surface area (Å²) in [7, 11) is 1.64. The molecule has 116 valence electrons. The highest BCUT2D eigenvalue weighted by molar-refractivity contribution is 6.42. The smallest absolute Gasteiger partial charge is 0.255 e. The number of nitrogens with zero attached hydrogens (tertiary/aromatic N) is 1. The van der Waals surface area contributed by atoms with Gasteiger partial charge in [0, 0.05) is 19.2 Å². The molecule has 0 aliphatic carbocycles. The van der Waals surface area contributed by atoms with Crippen molar-refractivity contribution in [2.75, 3.05) is 30.9 Å². The van der Waals surface area contributed by atoms with Crippen LogP contribution >= 0.6 is 23.2 Å². The SMILES string of the molecule is COCCNc1ccc(NC(=O)c2ccc(Cl)c(Cl)c2)cn1. The van der Waals surface area contributed by atoms with Crippen molar-refractivity contribution in [2.24, 2.45) is 0 Å². The van der Waals surface area contributed by atoms with Crippen LogP contribution in [0.3, 0.4) is 0 Å². The number of benzene rings is 1. The van der Waals surface area contributed by atoms with Crippen molar-refractivity contribution in [3.05, 3.63) is 52.1 Å². The molecule has 0 aliphatic heterocycles. The molecule has 1 amide bonds. The summed E-state index contributed by atoms with van der Waals surface area (Å²) in [6.45, 7) is 1.26. The highest BCUT2D eigenvalue weighted by Gasteiger charge is 2.08. The second-order valence-electron chi connectivity index (χ2n) is 4.43. The monoisotopic (exact) mass is 339 g/mol. The first kappa shape index (κ1) is 16.5. The first-order valence-electron chi connectivity index (χ1n) is 6.55. The third kappa shape index (κ3) is 4.59. The van der Waals surface area contributed by atoms with Gasteiger partial charge in [0.1, 0.15) is 5.82 Å². The van der Waals surface area contributed by atoms with Crippen molar-refractivity contribution >= 4 is 40.6 Å². The minimum absolute atomic E-state index is 0.277. The Morgan fingerprint density at radius 2 is 2.05 bits per heavy atom. The summed E-state index contributed by atoms with van der Waals surface area (Å²) in [4.78, 5) is 16.3. The van der Waals surface area contributed by atoms with Gasteiger partial charge in [-0.1, -0.05) is 23.2 Å². The summed E-state index contributed by atoms with van der Waals surface area (Å²) >= 11 is 11.7. The maximum atomic E-state index is 12.1. The van der Waals surface area contributed by atoms with Crippen LogP contribution in [0.1, 0.15) is 10.4 Å². The highest BCUT2D eigenvalue weighted by atomic mass is 35.5. The summed E-state index contributed by atoms with van der Waals surface area (Å²) < 4.78 is 4.94. The molecule has 0 bridgehead atoms. The van der Waals surface area contributed by atoms with E-state index in [-0.39, 0.29) is 5.91 Å². The van der Waals surface area contributed by atoms with Crippen molar-refractivity contribution in [1.29, 1.82) is 0 Å². The van der Waals surface area contributed by atoms with Crippen LogP contribution in [-0.4, -0.2) is 31.2 Å². The van der Waals surface area contributed by atoms with E-state index in [1.807, 2.05) is 0 Å². The standard InChI is InChI=1S/C15H15Cl2N3O2/c1-22-7-6-18-14-5-3-11(9-19-14)20-15(21)10-2-4-12(16)13(17)8-10/h2-5,8-9H,6-7H2,1H3,(H,18,19)(H,20,21). The molecule has 2 N–H and O–H groups in total. The predicted octanol–water partition coefficient (Wildman–Crippen LogP) is 3.70. The number of hydrogen-bond donors (Lipinski definition) is 2. The number of aromatic nitrogens is 1. The number of pyridine rings is 1. The molecule has 0 saturated heterocycles. The Morgan fingerprint density at radius 1 is 1.23 bits per heavy atom. The van der Waals surface area contributed by atoms with E-state index in [1.165, 1.54) is 6.07 Å². The molecule has 0 atom stereocenters. The predicted molar refractivity (Wildman–Crippen MR) is 89.0 cm³/mol. The fraction of sp³-hybridized carbons (Fsp3) is 0.200. The van der Waals surface area contributed by atoms with Crippen molar-refractivity contribution in [2.45, 2.75) is 0 Å². The second-order valence-corrected chi connectivity index (χ2v) is 5.25. The number of rotatable bonds is 6. The molecule has 0 spiro atoms. The van der Waals surface area contributed by atoms with Crippen LogP contribution < -0.4 is 10.6 Å². The molecule has 1 heterocycles. The molecule has 22 heavy (non-hydrogen) atoms. The van der Waals surface area contributed by atoms with E-state index < -0.39 is 0 Å². The molecule has 5 nitrogen and oxygen atoms in total. The lowest BCUT2D eigenvalue weighted by molar-refractivity contribution is 0.102. The Morgan fingerprint density at radius 3 is 2.68 bits per heavy atom. The van der Waals surface area contributed by atoms with Gasteiger partial charge in [0.05, 0.1) is 28.5 Å². The number of ether oxygens (including phenoxy) is 1. The lowest BCUT2D eigenvalue weighted by Crippen LogP contribution is -2.12. The van der Waals surface area contributed by atoms with Gasteiger partial charge in [-0.15, -0.1) is 0 Å². The third-order valence-corrected chi connectivity index (χ3v) is 3.55. The van der Waals surface area contributed by atoms with E-state index in [1.54, 1.807) is 37.6 Å². The number of hydrogen-bond acceptors (Lipinski definition) is 4. The maximum absolute atomic E-state index is 12.1. The van der Waals surface area contributed by atoms with Crippen LogP contribution in [0.2, 0.25) is 10.0 Å². The van der Waals surface area contributed by atoms with Gasteiger partial charge in [0.25, 0.3) is 5.91 Å². The number of methoxy groups -OCH3 is 1. The van der Waals surface area contributed by atoms with Gasteiger partial charge >= 0.3 is 0 Å². The maximum Gasteiger partial charge on any atom is 0.255 e. The van der Waals surface area contributed by atoms with E-state index in [9.17, 15) is 4.79 Å². The molecule has 0 saturated carbocycles. The molecule has 1 aromatic heterocycles. The van der Waals surface area contributed by atoms with Gasteiger partial charge < -0.3 is 15.4 Å². The lowest BCUT2D eigenvalue weighted by atomic mass is 10.2. The van der Waals surface area contributed by atoms with E-state index in [0.717, 1.165) is 0 Å². The normalized spacial score (nSPS) is 10.3.